The van der Waals surface area contributed by atoms with Crippen LogP contribution in [0.2, 0.25) is 0 Å². The van der Waals surface area contributed by atoms with E-state index in [1.165, 1.54) is 6.20 Å². The maximum absolute atomic E-state index is 13.3. The Labute approximate surface area is 170 Å². The van der Waals surface area contributed by atoms with Crippen LogP contribution in [0.3, 0.4) is 0 Å². The topological polar surface area (TPSA) is 104 Å². The van der Waals surface area contributed by atoms with Gasteiger partial charge in [0.25, 0.3) is 0 Å². The van der Waals surface area contributed by atoms with E-state index in [0.29, 0.717) is 25.5 Å². The molecule has 5 heterocycles. The molecule has 0 spiro atoms. The van der Waals surface area contributed by atoms with Crippen molar-refractivity contribution in [3.8, 4) is 0 Å². The molecular formula is C19H26N6O3S. The molecule has 3 atom stereocenters. The maximum atomic E-state index is 13.3. The van der Waals surface area contributed by atoms with Crippen molar-refractivity contribution in [1.82, 2.24) is 24.1 Å². The minimum Gasteiger partial charge on any atom is -0.391 e. The van der Waals surface area contributed by atoms with Gasteiger partial charge in [-0.05, 0) is 32.6 Å². The molecule has 2 aromatic heterocycles. The van der Waals surface area contributed by atoms with Gasteiger partial charge in [-0.1, -0.05) is 0 Å². The number of rotatable bonds is 4. The van der Waals surface area contributed by atoms with Crippen molar-refractivity contribution >= 4 is 16.0 Å². The smallest absolute Gasteiger partial charge is 0.247 e. The fourth-order valence-corrected chi connectivity index (χ4v) is 6.65. The van der Waals surface area contributed by atoms with Gasteiger partial charge < -0.3 is 10.0 Å². The van der Waals surface area contributed by atoms with Crippen LogP contribution in [-0.2, 0) is 23.0 Å². The maximum Gasteiger partial charge on any atom is 0.247 e. The Morgan fingerprint density at radius 2 is 2.10 bits per heavy atom. The third kappa shape index (κ3) is 3.13. The first-order valence-electron chi connectivity index (χ1n) is 10.3. The number of aliphatic hydroxyl groups is 1. The monoisotopic (exact) mass is 418 g/mol. The molecule has 9 nitrogen and oxygen atoms in total. The number of anilines is 1. The minimum atomic E-state index is -3.62. The summed E-state index contributed by atoms with van der Waals surface area (Å²) in [6.45, 7) is 3.95. The third-order valence-corrected chi connectivity index (χ3v) is 8.22. The van der Waals surface area contributed by atoms with Crippen molar-refractivity contribution in [1.29, 1.82) is 0 Å². The second kappa shape index (κ2) is 7.03. The Bertz CT molecular complexity index is 1020. The Balaban J connectivity index is 1.46. The van der Waals surface area contributed by atoms with Gasteiger partial charge in [0, 0.05) is 50.1 Å². The Morgan fingerprint density at radius 3 is 2.86 bits per heavy atom. The van der Waals surface area contributed by atoms with Gasteiger partial charge in [0.2, 0.25) is 16.0 Å². The Morgan fingerprint density at radius 1 is 1.24 bits per heavy atom. The molecule has 3 aliphatic heterocycles. The molecule has 2 bridgehead atoms. The first-order valence-corrected chi connectivity index (χ1v) is 11.8. The number of sulfonamides is 1. The standard InChI is InChI=1S/C19H26N6O3S/c1-2-24-12-15(9-21-24)29(27,28)25-13-5-6-18(25)16-10-20-19(22-17(16)8-13)23-7-3-4-14(26)11-23/h9-10,12-14,18,26H,2-8,11H2,1H3. The van der Waals surface area contributed by atoms with Crippen LogP contribution in [0, 0.1) is 0 Å². The highest BCUT2D eigenvalue weighted by Crippen LogP contribution is 2.46. The molecule has 2 aromatic rings. The van der Waals surface area contributed by atoms with Crippen molar-refractivity contribution in [2.24, 2.45) is 0 Å². The summed E-state index contributed by atoms with van der Waals surface area (Å²) in [5.41, 5.74) is 1.85. The summed E-state index contributed by atoms with van der Waals surface area (Å²) in [6, 6.07) is -0.308. The van der Waals surface area contributed by atoms with Crippen LogP contribution in [0.5, 0.6) is 0 Å². The SMILES string of the molecule is CCn1cc(S(=O)(=O)N2C3CCC2c2cnc(N4CCCC(O)C4)nc2C3)cn1. The van der Waals surface area contributed by atoms with Crippen LogP contribution in [0.25, 0.3) is 0 Å². The second-order valence-electron chi connectivity index (χ2n) is 8.13. The number of β-amino-alcohol motifs (C(OH)–C–C–N with tert-alkyl or cyclic N) is 1. The predicted octanol–water partition coefficient (Wildman–Crippen LogP) is 1.10. The molecule has 0 radical (unpaired) electrons. The van der Waals surface area contributed by atoms with E-state index in [-0.39, 0.29) is 23.1 Å². The molecule has 29 heavy (non-hydrogen) atoms. The van der Waals surface area contributed by atoms with Gasteiger partial charge in [-0.2, -0.15) is 9.40 Å². The molecule has 3 unspecified atom stereocenters. The lowest BCUT2D eigenvalue weighted by atomic mass is 10.0. The summed E-state index contributed by atoms with van der Waals surface area (Å²) < 4.78 is 30.0. The molecule has 3 aliphatic rings. The highest BCUT2D eigenvalue weighted by molar-refractivity contribution is 7.89. The number of aliphatic hydroxyl groups excluding tert-OH is 1. The van der Waals surface area contributed by atoms with E-state index in [1.54, 1.807) is 21.4 Å². The summed E-state index contributed by atoms with van der Waals surface area (Å²) in [4.78, 5) is 11.6. The van der Waals surface area contributed by atoms with Crippen LogP contribution in [0.15, 0.2) is 23.5 Å². The van der Waals surface area contributed by atoms with Gasteiger partial charge >= 0.3 is 0 Å². The van der Waals surface area contributed by atoms with Crippen molar-refractivity contribution in [2.45, 2.75) is 68.7 Å². The van der Waals surface area contributed by atoms with Gasteiger partial charge in [0.05, 0.1) is 24.0 Å². The number of fused-ring (bicyclic) bond motifs is 4. The van der Waals surface area contributed by atoms with E-state index in [1.807, 2.05) is 11.8 Å². The van der Waals surface area contributed by atoms with E-state index in [0.717, 1.165) is 43.5 Å². The van der Waals surface area contributed by atoms with Gasteiger partial charge in [-0.15, -0.1) is 0 Å². The number of hydrogen-bond acceptors (Lipinski definition) is 7. The van der Waals surface area contributed by atoms with Crippen molar-refractivity contribution in [3.63, 3.8) is 0 Å². The molecule has 5 rings (SSSR count). The summed E-state index contributed by atoms with van der Waals surface area (Å²) >= 11 is 0. The number of piperidine rings is 1. The fourth-order valence-electron chi connectivity index (χ4n) is 4.85. The average Bonchev–Trinajstić information content (AvgIpc) is 3.33. The van der Waals surface area contributed by atoms with Gasteiger partial charge in [-0.25, -0.2) is 18.4 Å². The molecule has 0 saturated carbocycles. The van der Waals surface area contributed by atoms with Crippen LogP contribution in [0.4, 0.5) is 5.95 Å². The lowest BCUT2D eigenvalue weighted by Gasteiger charge is -2.35. The molecule has 1 N–H and O–H groups in total. The van der Waals surface area contributed by atoms with Gasteiger partial charge in [0.15, 0.2) is 0 Å². The van der Waals surface area contributed by atoms with E-state index in [9.17, 15) is 13.5 Å². The van der Waals surface area contributed by atoms with Crippen LogP contribution in [-0.4, -0.2) is 62.8 Å². The lowest BCUT2D eigenvalue weighted by Crippen LogP contribution is -2.43. The molecule has 0 aromatic carbocycles. The first kappa shape index (κ1) is 19.0. The normalized spacial score (nSPS) is 27.2. The summed E-state index contributed by atoms with van der Waals surface area (Å²) in [5.74, 6) is 0.641. The molecule has 2 fully saturated rings. The largest absolute Gasteiger partial charge is 0.391 e. The summed E-state index contributed by atoms with van der Waals surface area (Å²) in [6.07, 6.45) is 8.42. The molecule has 0 aliphatic carbocycles. The zero-order valence-electron chi connectivity index (χ0n) is 16.5. The number of aromatic nitrogens is 4. The Kier molecular flexibility index (Phi) is 4.60. The zero-order chi connectivity index (χ0) is 20.2. The van der Waals surface area contributed by atoms with Crippen LogP contribution >= 0.6 is 0 Å². The summed E-state index contributed by atoms with van der Waals surface area (Å²) in [7, 11) is -3.62. The zero-order valence-corrected chi connectivity index (χ0v) is 17.3. The molecular weight excluding hydrogens is 392 g/mol. The van der Waals surface area contributed by atoms with E-state index >= 15 is 0 Å². The van der Waals surface area contributed by atoms with Crippen molar-refractivity contribution < 1.29 is 13.5 Å². The van der Waals surface area contributed by atoms with Gasteiger partial charge in [0.1, 0.15) is 4.90 Å². The van der Waals surface area contributed by atoms with Gasteiger partial charge in [-0.3, -0.25) is 4.68 Å². The van der Waals surface area contributed by atoms with E-state index < -0.39 is 10.0 Å². The van der Waals surface area contributed by atoms with Crippen LogP contribution < -0.4 is 4.90 Å². The molecule has 10 heteroatoms. The van der Waals surface area contributed by atoms with E-state index in [4.69, 9.17) is 4.98 Å². The van der Waals surface area contributed by atoms with Crippen molar-refractivity contribution in [2.75, 3.05) is 18.0 Å². The quantitative estimate of drug-likeness (QED) is 0.793. The van der Waals surface area contributed by atoms with Crippen molar-refractivity contribution in [3.05, 3.63) is 29.8 Å². The minimum absolute atomic E-state index is 0.0860. The average molecular weight is 419 g/mol. The Hall–Kier alpha value is -2.04. The number of nitrogens with zero attached hydrogens (tertiary/aromatic N) is 6. The van der Waals surface area contributed by atoms with Crippen LogP contribution in [0.1, 0.15) is 49.9 Å². The third-order valence-electron chi connectivity index (χ3n) is 6.30. The fraction of sp³-hybridized carbons (Fsp3) is 0.632. The molecule has 156 valence electrons. The second-order valence-corrected chi connectivity index (χ2v) is 9.98. The van der Waals surface area contributed by atoms with E-state index in [2.05, 4.69) is 10.1 Å². The predicted molar refractivity (Wildman–Crippen MR) is 106 cm³/mol. The first-order chi connectivity index (χ1) is 14.0. The summed E-state index contributed by atoms with van der Waals surface area (Å²) in [5, 5.41) is 14.1. The molecule has 2 saturated heterocycles. The highest BCUT2D eigenvalue weighted by Gasteiger charge is 2.48. The lowest BCUT2D eigenvalue weighted by molar-refractivity contribution is 0.153. The number of aryl methyl sites for hydroxylation is 1. The molecule has 0 amide bonds. The highest BCUT2D eigenvalue weighted by atomic mass is 32.2. The number of hydrogen-bond donors (Lipinski definition) is 1.